The van der Waals surface area contributed by atoms with Gasteiger partial charge in [-0.1, -0.05) is 35.9 Å². The van der Waals surface area contributed by atoms with E-state index in [1.165, 1.54) is 11.2 Å². The summed E-state index contributed by atoms with van der Waals surface area (Å²) in [5, 5.41) is 11.6. The number of nitrogens with zero attached hydrogens (tertiary/aromatic N) is 1. The Morgan fingerprint density at radius 1 is 1.03 bits per heavy atom. The van der Waals surface area contributed by atoms with Gasteiger partial charge in [0, 0.05) is 11.1 Å². The number of carbonyl (C=O) groups is 2. The molecule has 1 amide bonds. The molecule has 1 atom stereocenters. The molecule has 2 aromatic heterocycles. The number of ketones is 1. The first-order valence-corrected chi connectivity index (χ1v) is 9.86. The third-order valence-corrected chi connectivity index (χ3v) is 5.53. The van der Waals surface area contributed by atoms with Gasteiger partial charge in [-0.2, -0.15) is 0 Å². The minimum absolute atomic E-state index is 0.0505. The van der Waals surface area contributed by atoms with Crippen molar-refractivity contribution in [3.05, 3.63) is 101 Å². The summed E-state index contributed by atoms with van der Waals surface area (Å²) in [4.78, 5) is 28.0. The summed E-state index contributed by atoms with van der Waals surface area (Å²) >= 11 is 0. The third kappa shape index (κ3) is 2.95. The molecule has 0 spiro atoms. The van der Waals surface area contributed by atoms with E-state index in [0.29, 0.717) is 17.0 Å². The van der Waals surface area contributed by atoms with Crippen LogP contribution < -0.4 is 4.90 Å². The zero-order valence-corrected chi connectivity index (χ0v) is 17.0. The molecule has 0 radical (unpaired) electrons. The van der Waals surface area contributed by atoms with Gasteiger partial charge in [-0.15, -0.1) is 0 Å². The van der Waals surface area contributed by atoms with E-state index in [1.54, 1.807) is 30.3 Å². The number of aryl methyl sites for hydroxylation is 2. The van der Waals surface area contributed by atoms with Gasteiger partial charge >= 0.3 is 0 Å². The van der Waals surface area contributed by atoms with E-state index in [2.05, 4.69) is 0 Å². The topological polar surface area (TPSA) is 83.9 Å². The van der Waals surface area contributed by atoms with Crippen LogP contribution in [0.3, 0.4) is 0 Å². The smallest absolute Gasteiger partial charge is 0.294 e. The number of hydrogen-bond acceptors (Lipinski definition) is 5. The summed E-state index contributed by atoms with van der Waals surface area (Å²) in [7, 11) is 0. The Kier molecular flexibility index (Phi) is 4.29. The molecule has 5 rings (SSSR count). The molecule has 2 aromatic carbocycles. The lowest BCUT2D eigenvalue weighted by Gasteiger charge is -2.26. The van der Waals surface area contributed by atoms with Crippen molar-refractivity contribution in [3.63, 3.8) is 0 Å². The lowest BCUT2D eigenvalue weighted by atomic mass is 9.98. The molecular formula is C25H19NO5. The van der Waals surface area contributed by atoms with Gasteiger partial charge in [0.15, 0.2) is 11.5 Å². The number of amides is 1. The first-order valence-electron chi connectivity index (χ1n) is 9.86. The lowest BCUT2D eigenvalue weighted by Crippen LogP contribution is -2.31. The molecule has 6 heteroatoms. The predicted molar refractivity (Wildman–Crippen MR) is 115 cm³/mol. The lowest BCUT2D eigenvalue weighted by molar-refractivity contribution is -0.117. The van der Waals surface area contributed by atoms with Crippen molar-refractivity contribution in [2.45, 2.75) is 19.9 Å². The number of Topliss-reactive ketones (excluding diaryl/α,β-unsaturated/α-hetero) is 1. The Morgan fingerprint density at radius 2 is 1.84 bits per heavy atom. The second-order valence-corrected chi connectivity index (χ2v) is 7.62. The molecule has 0 saturated carbocycles. The summed E-state index contributed by atoms with van der Waals surface area (Å²) in [6.45, 7) is 3.84. The van der Waals surface area contributed by atoms with E-state index in [4.69, 9.17) is 8.83 Å². The minimum atomic E-state index is -0.912. The average Bonchev–Trinajstić information content (AvgIpc) is 3.47. The normalized spacial score (nSPS) is 16.5. The quantitative estimate of drug-likeness (QED) is 0.451. The number of aliphatic hydroxyl groups is 1. The second-order valence-electron chi connectivity index (χ2n) is 7.62. The number of anilines is 1. The summed E-state index contributed by atoms with van der Waals surface area (Å²) in [5.74, 6) is -1.40. The predicted octanol–water partition coefficient (Wildman–Crippen LogP) is 5.43. The molecule has 4 aromatic rings. The van der Waals surface area contributed by atoms with Crippen LogP contribution in [-0.4, -0.2) is 16.8 Å². The van der Waals surface area contributed by atoms with E-state index in [9.17, 15) is 14.7 Å². The first-order chi connectivity index (χ1) is 15.0. The molecule has 1 aliphatic heterocycles. The molecule has 31 heavy (non-hydrogen) atoms. The van der Waals surface area contributed by atoms with Crippen molar-refractivity contribution in [3.8, 4) is 0 Å². The van der Waals surface area contributed by atoms with Crippen molar-refractivity contribution in [2.24, 2.45) is 0 Å². The molecule has 0 saturated heterocycles. The van der Waals surface area contributed by atoms with Crippen LogP contribution in [0.2, 0.25) is 0 Å². The fourth-order valence-corrected chi connectivity index (χ4v) is 4.10. The summed E-state index contributed by atoms with van der Waals surface area (Å²) in [6.07, 6.45) is 1.47. The number of furan rings is 2. The molecule has 1 aliphatic rings. The summed E-state index contributed by atoms with van der Waals surface area (Å²) in [5.41, 5.74) is 2.96. The molecule has 1 unspecified atom stereocenters. The van der Waals surface area contributed by atoms with E-state index >= 15 is 0 Å². The van der Waals surface area contributed by atoms with Gasteiger partial charge in [0.2, 0.25) is 5.78 Å². The van der Waals surface area contributed by atoms with Gasteiger partial charge in [0.1, 0.15) is 17.4 Å². The Morgan fingerprint density at radius 3 is 2.55 bits per heavy atom. The van der Waals surface area contributed by atoms with Gasteiger partial charge in [-0.05, 0) is 49.7 Å². The second kappa shape index (κ2) is 7.02. The zero-order valence-electron chi connectivity index (χ0n) is 17.0. The van der Waals surface area contributed by atoms with E-state index in [1.807, 2.05) is 44.2 Å². The van der Waals surface area contributed by atoms with Gasteiger partial charge in [-0.25, -0.2) is 0 Å². The number of benzene rings is 2. The van der Waals surface area contributed by atoms with Crippen molar-refractivity contribution < 1.29 is 23.5 Å². The van der Waals surface area contributed by atoms with Gasteiger partial charge in [0.05, 0.1) is 11.8 Å². The third-order valence-electron chi connectivity index (χ3n) is 5.53. The molecule has 1 N–H and O–H groups in total. The Hall–Kier alpha value is -4.06. The van der Waals surface area contributed by atoms with Crippen LogP contribution >= 0.6 is 0 Å². The highest BCUT2D eigenvalue weighted by atomic mass is 16.3. The SMILES string of the molecule is Cc1ccc(N2C(=O)C(O)=C(C(=O)c3cc4ccccc4o3)C2c2ccco2)c(C)c1. The van der Waals surface area contributed by atoms with Crippen LogP contribution in [0.5, 0.6) is 0 Å². The molecule has 0 fully saturated rings. The highest BCUT2D eigenvalue weighted by Gasteiger charge is 2.47. The maximum Gasteiger partial charge on any atom is 0.294 e. The number of fused-ring (bicyclic) bond motifs is 1. The van der Waals surface area contributed by atoms with Crippen molar-refractivity contribution >= 4 is 28.3 Å². The Labute approximate surface area is 178 Å². The summed E-state index contributed by atoms with van der Waals surface area (Å²) < 4.78 is 11.3. The first kappa shape index (κ1) is 18.9. The maximum absolute atomic E-state index is 13.5. The fraction of sp³-hybridized carbons (Fsp3) is 0.120. The number of para-hydroxylation sites is 1. The standard InChI is InChI=1S/C25H19NO5/c1-14-9-10-17(15(2)12-14)26-22(19-8-5-11-30-19)21(24(28)25(26)29)23(27)20-13-16-6-3-4-7-18(16)31-20/h3-13,22,28H,1-2H3. The van der Waals surface area contributed by atoms with E-state index in [-0.39, 0.29) is 11.3 Å². The number of carbonyl (C=O) groups excluding carboxylic acids is 2. The number of hydrogen-bond donors (Lipinski definition) is 1. The number of rotatable bonds is 4. The Bertz CT molecular complexity index is 1330. The summed E-state index contributed by atoms with van der Waals surface area (Å²) in [6, 6.07) is 16.9. The average molecular weight is 413 g/mol. The fourth-order valence-electron chi connectivity index (χ4n) is 4.10. The van der Waals surface area contributed by atoms with Crippen LogP contribution in [0, 0.1) is 13.8 Å². The maximum atomic E-state index is 13.5. The van der Waals surface area contributed by atoms with Crippen molar-refractivity contribution in [1.29, 1.82) is 0 Å². The Balaban J connectivity index is 1.66. The highest BCUT2D eigenvalue weighted by Crippen LogP contribution is 2.43. The zero-order chi connectivity index (χ0) is 21.7. The molecular weight excluding hydrogens is 394 g/mol. The van der Waals surface area contributed by atoms with Crippen LogP contribution in [-0.2, 0) is 4.79 Å². The molecule has 0 bridgehead atoms. The largest absolute Gasteiger partial charge is 0.503 e. The van der Waals surface area contributed by atoms with Crippen LogP contribution in [0.15, 0.2) is 87.1 Å². The molecule has 6 nitrogen and oxygen atoms in total. The van der Waals surface area contributed by atoms with Crippen molar-refractivity contribution in [1.82, 2.24) is 0 Å². The van der Waals surface area contributed by atoms with Crippen LogP contribution in [0.4, 0.5) is 5.69 Å². The molecule has 0 aliphatic carbocycles. The highest BCUT2D eigenvalue weighted by molar-refractivity contribution is 6.20. The molecule has 3 heterocycles. The monoisotopic (exact) mass is 413 g/mol. The van der Waals surface area contributed by atoms with Gasteiger partial charge in [0.25, 0.3) is 5.91 Å². The van der Waals surface area contributed by atoms with Gasteiger partial charge < -0.3 is 13.9 Å². The minimum Gasteiger partial charge on any atom is -0.503 e. The van der Waals surface area contributed by atoms with E-state index < -0.39 is 23.5 Å². The number of aliphatic hydroxyl groups excluding tert-OH is 1. The van der Waals surface area contributed by atoms with Crippen LogP contribution in [0.1, 0.15) is 33.5 Å². The van der Waals surface area contributed by atoms with Crippen molar-refractivity contribution in [2.75, 3.05) is 4.90 Å². The molecule has 154 valence electrons. The van der Waals surface area contributed by atoms with Crippen LogP contribution in [0.25, 0.3) is 11.0 Å². The van der Waals surface area contributed by atoms with E-state index in [0.717, 1.165) is 16.5 Å². The van der Waals surface area contributed by atoms with Gasteiger partial charge in [-0.3, -0.25) is 14.5 Å².